The summed E-state index contributed by atoms with van der Waals surface area (Å²) >= 11 is 0. The molecule has 0 fully saturated rings. The maximum atomic E-state index is 10.4. The summed E-state index contributed by atoms with van der Waals surface area (Å²) in [7, 11) is 0. The van der Waals surface area contributed by atoms with Gasteiger partial charge in [0, 0.05) is 18.0 Å². The summed E-state index contributed by atoms with van der Waals surface area (Å²) in [6.45, 7) is 1.60. The van der Waals surface area contributed by atoms with Crippen LogP contribution in [-0.2, 0) is 4.79 Å². The Hall–Kier alpha value is -1.45. The number of hydrogen-bond acceptors (Lipinski definition) is 3. The highest BCUT2D eigenvalue weighted by atomic mass is 16.4. The van der Waals surface area contributed by atoms with Crippen LogP contribution in [0, 0.1) is 0 Å². The Morgan fingerprint density at radius 3 is 2.55 bits per heavy atom. The van der Waals surface area contributed by atoms with Gasteiger partial charge in [0.05, 0.1) is 5.92 Å². The molecule has 0 amide bonds. The molecule has 1 aromatic heterocycles. The lowest BCUT2D eigenvalue weighted by atomic mass is 10.1. The monoisotopic (exact) mass is 152 g/mol. The van der Waals surface area contributed by atoms with Crippen LogP contribution < -0.4 is 0 Å². The van der Waals surface area contributed by atoms with Crippen LogP contribution in [0.3, 0.4) is 0 Å². The van der Waals surface area contributed by atoms with Gasteiger partial charge in [-0.3, -0.25) is 4.79 Å². The lowest BCUT2D eigenvalue weighted by Crippen LogP contribution is -2.07. The molecule has 58 valence electrons. The van der Waals surface area contributed by atoms with E-state index in [1.165, 1.54) is 18.7 Å². The summed E-state index contributed by atoms with van der Waals surface area (Å²) in [6, 6.07) is 0. The van der Waals surface area contributed by atoms with Crippen LogP contribution in [0.25, 0.3) is 0 Å². The van der Waals surface area contributed by atoms with Gasteiger partial charge in [0.1, 0.15) is 6.33 Å². The van der Waals surface area contributed by atoms with E-state index in [4.69, 9.17) is 5.11 Å². The SMILES string of the molecule is C[C@@H](C(=O)O)c1cncnc1. The van der Waals surface area contributed by atoms with Crippen molar-refractivity contribution in [1.82, 2.24) is 9.97 Å². The number of hydrogen-bond donors (Lipinski definition) is 1. The average molecular weight is 152 g/mol. The number of aliphatic carboxylic acids is 1. The summed E-state index contributed by atoms with van der Waals surface area (Å²) in [5.74, 6) is -1.39. The third kappa shape index (κ3) is 1.73. The van der Waals surface area contributed by atoms with Gasteiger partial charge in [-0.25, -0.2) is 9.97 Å². The molecule has 1 atom stereocenters. The van der Waals surface area contributed by atoms with Crippen LogP contribution in [0.1, 0.15) is 18.4 Å². The van der Waals surface area contributed by atoms with Gasteiger partial charge in [0.15, 0.2) is 0 Å². The molecule has 1 aromatic rings. The molecule has 0 unspecified atom stereocenters. The number of rotatable bonds is 2. The Morgan fingerprint density at radius 1 is 1.55 bits per heavy atom. The van der Waals surface area contributed by atoms with Gasteiger partial charge in [-0.05, 0) is 6.92 Å². The first kappa shape index (κ1) is 7.65. The Bertz CT molecular complexity index is 248. The molecular formula is C7H8N2O2. The largest absolute Gasteiger partial charge is 0.481 e. The highest BCUT2D eigenvalue weighted by molar-refractivity contribution is 5.75. The maximum Gasteiger partial charge on any atom is 0.310 e. The topological polar surface area (TPSA) is 63.1 Å². The van der Waals surface area contributed by atoms with Gasteiger partial charge in [-0.15, -0.1) is 0 Å². The molecule has 0 aliphatic carbocycles. The fraction of sp³-hybridized carbons (Fsp3) is 0.286. The zero-order chi connectivity index (χ0) is 8.27. The second-order valence-electron chi connectivity index (χ2n) is 2.23. The second-order valence-corrected chi connectivity index (χ2v) is 2.23. The minimum absolute atomic E-state index is 0.531. The average Bonchev–Trinajstić information content (AvgIpc) is 2.05. The normalized spacial score (nSPS) is 12.5. The number of aromatic nitrogens is 2. The van der Waals surface area contributed by atoms with Crippen LogP contribution in [0.15, 0.2) is 18.7 Å². The van der Waals surface area contributed by atoms with E-state index in [9.17, 15) is 4.79 Å². The Balaban J connectivity index is 2.85. The van der Waals surface area contributed by atoms with Crippen LogP contribution in [-0.4, -0.2) is 21.0 Å². The first-order valence-corrected chi connectivity index (χ1v) is 3.19. The van der Waals surface area contributed by atoms with E-state index >= 15 is 0 Å². The lowest BCUT2D eigenvalue weighted by Gasteiger charge is -2.02. The smallest absolute Gasteiger partial charge is 0.310 e. The van der Waals surface area contributed by atoms with Crippen molar-refractivity contribution in [3.05, 3.63) is 24.3 Å². The van der Waals surface area contributed by atoms with Crippen LogP contribution in [0.5, 0.6) is 0 Å². The van der Waals surface area contributed by atoms with Crippen molar-refractivity contribution in [2.75, 3.05) is 0 Å². The fourth-order valence-electron chi connectivity index (χ4n) is 0.677. The molecule has 0 aromatic carbocycles. The second kappa shape index (κ2) is 3.09. The number of carboxylic acids is 1. The van der Waals surface area contributed by atoms with Crippen LogP contribution in [0.4, 0.5) is 0 Å². The van der Waals surface area contributed by atoms with Crippen molar-refractivity contribution in [3.63, 3.8) is 0 Å². The Morgan fingerprint density at radius 2 is 2.09 bits per heavy atom. The summed E-state index contributed by atoms with van der Waals surface area (Å²) in [6.07, 6.45) is 4.38. The number of carbonyl (C=O) groups is 1. The number of nitrogens with zero attached hydrogens (tertiary/aromatic N) is 2. The van der Waals surface area contributed by atoms with Gasteiger partial charge >= 0.3 is 5.97 Å². The third-order valence-electron chi connectivity index (χ3n) is 1.45. The van der Waals surface area contributed by atoms with Gasteiger partial charge < -0.3 is 5.11 Å². The minimum Gasteiger partial charge on any atom is -0.481 e. The predicted molar refractivity (Wildman–Crippen MR) is 38.1 cm³/mol. The summed E-state index contributed by atoms with van der Waals surface area (Å²) in [4.78, 5) is 17.9. The van der Waals surface area contributed by atoms with Crippen molar-refractivity contribution in [3.8, 4) is 0 Å². The molecule has 0 bridgehead atoms. The minimum atomic E-state index is -0.861. The third-order valence-corrected chi connectivity index (χ3v) is 1.45. The Labute approximate surface area is 63.9 Å². The lowest BCUT2D eigenvalue weighted by molar-refractivity contribution is -0.138. The van der Waals surface area contributed by atoms with E-state index in [1.807, 2.05) is 0 Å². The number of carboxylic acid groups (broad SMARTS) is 1. The summed E-state index contributed by atoms with van der Waals surface area (Å²) < 4.78 is 0. The van der Waals surface area contributed by atoms with E-state index < -0.39 is 11.9 Å². The van der Waals surface area contributed by atoms with E-state index in [0.717, 1.165) is 0 Å². The van der Waals surface area contributed by atoms with E-state index in [1.54, 1.807) is 6.92 Å². The van der Waals surface area contributed by atoms with Crippen molar-refractivity contribution in [2.24, 2.45) is 0 Å². The molecule has 0 saturated carbocycles. The molecule has 1 heterocycles. The molecule has 0 spiro atoms. The predicted octanol–water partition coefficient (Wildman–Crippen LogP) is 0.665. The quantitative estimate of drug-likeness (QED) is 0.676. The molecule has 0 radical (unpaired) electrons. The van der Waals surface area contributed by atoms with Crippen molar-refractivity contribution >= 4 is 5.97 Å². The molecule has 11 heavy (non-hydrogen) atoms. The fourth-order valence-corrected chi connectivity index (χ4v) is 0.677. The first-order valence-electron chi connectivity index (χ1n) is 3.19. The molecule has 4 heteroatoms. The molecule has 1 rings (SSSR count). The summed E-state index contributed by atoms with van der Waals surface area (Å²) in [5.41, 5.74) is 0.625. The van der Waals surface area contributed by atoms with E-state index in [2.05, 4.69) is 9.97 Å². The van der Waals surface area contributed by atoms with Crippen molar-refractivity contribution in [2.45, 2.75) is 12.8 Å². The molecular weight excluding hydrogens is 144 g/mol. The van der Waals surface area contributed by atoms with Crippen molar-refractivity contribution in [1.29, 1.82) is 0 Å². The highest BCUT2D eigenvalue weighted by Crippen LogP contribution is 2.11. The van der Waals surface area contributed by atoms with Gasteiger partial charge in [-0.2, -0.15) is 0 Å². The van der Waals surface area contributed by atoms with Gasteiger partial charge in [0.2, 0.25) is 0 Å². The summed E-state index contributed by atoms with van der Waals surface area (Å²) in [5, 5.41) is 8.58. The van der Waals surface area contributed by atoms with E-state index in [-0.39, 0.29) is 0 Å². The Kier molecular flexibility index (Phi) is 2.15. The standard InChI is InChI=1S/C7H8N2O2/c1-5(7(10)11)6-2-8-4-9-3-6/h2-5H,1H3,(H,10,11)/t5-/m1/s1. The van der Waals surface area contributed by atoms with Gasteiger partial charge in [-0.1, -0.05) is 0 Å². The zero-order valence-corrected chi connectivity index (χ0v) is 6.06. The molecule has 0 saturated heterocycles. The van der Waals surface area contributed by atoms with Crippen LogP contribution in [0.2, 0.25) is 0 Å². The highest BCUT2D eigenvalue weighted by Gasteiger charge is 2.12. The molecule has 0 aliphatic heterocycles. The van der Waals surface area contributed by atoms with E-state index in [0.29, 0.717) is 5.56 Å². The van der Waals surface area contributed by atoms with Crippen molar-refractivity contribution < 1.29 is 9.90 Å². The molecule has 1 N–H and O–H groups in total. The van der Waals surface area contributed by atoms with Gasteiger partial charge in [0.25, 0.3) is 0 Å². The molecule has 0 aliphatic rings. The molecule has 4 nitrogen and oxygen atoms in total. The maximum absolute atomic E-state index is 10.4. The first-order chi connectivity index (χ1) is 5.22. The van der Waals surface area contributed by atoms with Crippen LogP contribution >= 0.6 is 0 Å². The zero-order valence-electron chi connectivity index (χ0n) is 6.06.